The number of Topliss-reactive ketones (excluding diaryl/α,β-unsaturated/α-hetero) is 1. The van der Waals surface area contributed by atoms with Gasteiger partial charge in [-0.1, -0.05) is 13.0 Å². The number of rotatable bonds is 5. The van der Waals surface area contributed by atoms with Crippen molar-refractivity contribution in [3.8, 4) is 0 Å². The van der Waals surface area contributed by atoms with Gasteiger partial charge in [-0.05, 0) is 18.6 Å². The SMILES string of the molecule is CCC=C(CC(=O)c1cccnc1)C(=O)O. The second-order valence-electron chi connectivity index (χ2n) is 3.28. The van der Waals surface area contributed by atoms with Crippen LogP contribution in [0, 0.1) is 0 Å². The maximum atomic E-state index is 11.7. The predicted molar refractivity (Wildman–Crippen MR) is 59.2 cm³/mol. The molecule has 0 saturated heterocycles. The lowest BCUT2D eigenvalue weighted by molar-refractivity contribution is -0.132. The lowest BCUT2D eigenvalue weighted by Gasteiger charge is -2.01. The summed E-state index contributed by atoms with van der Waals surface area (Å²) in [6.45, 7) is 1.83. The first-order chi connectivity index (χ1) is 7.65. The van der Waals surface area contributed by atoms with Crippen LogP contribution in [0.4, 0.5) is 0 Å². The van der Waals surface area contributed by atoms with Gasteiger partial charge in [-0.15, -0.1) is 0 Å². The number of nitrogens with zero attached hydrogens (tertiary/aromatic N) is 1. The Morgan fingerprint density at radius 2 is 2.25 bits per heavy atom. The normalized spacial score (nSPS) is 11.2. The van der Waals surface area contributed by atoms with Crippen LogP contribution in [0.1, 0.15) is 30.1 Å². The van der Waals surface area contributed by atoms with Crippen molar-refractivity contribution in [1.29, 1.82) is 0 Å². The fourth-order valence-electron chi connectivity index (χ4n) is 1.28. The molecule has 0 aliphatic rings. The molecule has 0 unspecified atom stereocenters. The molecule has 1 N–H and O–H groups in total. The number of carbonyl (C=O) groups excluding carboxylic acids is 1. The van der Waals surface area contributed by atoms with Crippen LogP contribution < -0.4 is 0 Å². The average Bonchev–Trinajstić information content (AvgIpc) is 2.29. The van der Waals surface area contributed by atoms with Crippen LogP contribution in [0.15, 0.2) is 36.2 Å². The summed E-state index contributed by atoms with van der Waals surface area (Å²) in [5.41, 5.74) is 0.571. The van der Waals surface area contributed by atoms with Crippen molar-refractivity contribution in [1.82, 2.24) is 4.98 Å². The zero-order valence-corrected chi connectivity index (χ0v) is 9.01. The maximum absolute atomic E-state index is 11.7. The van der Waals surface area contributed by atoms with E-state index in [1.807, 2.05) is 6.92 Å². The van der Waals surface area contributed by atoms with Crippen LogP contribution in [0.2, 0.25) is 0 Å². The van der Waals surface area contributed by atoms with E-state index < -0.39 is 5.97 Å². The number of ketones is 1. The molecular formula is C12H13NO3. The van der Waals surface area contributed by atoms with Gasteiger partial charge in [0.25, 0.3) is 0 Å². The van der Waals surface area contributed by atoms with E-state index in [-0.39, 0.29) is 17.8 Å². The van der Waals surface area contributed by atoms with E-state index in [0.29, 0.717) is 12.0 Å². The molecule has 0 aromatic carbocycles. The van der Waals surface area contributed by atoms with E-state index in [4.69, 9.17) is 5.11 Å². The van der Waals surface area contributed by atoms with Crippen LogP contribution in [0.25, 0.3) is 0 Å². The molecular weight excluding hydrogens is 206 g/mol. The molecule has 0 atom stereocenters. The fourth-order valence-corrected chi connectivity index (χ4v) is 1.28. The van der Waals surface area contributed by atoms with Gasteiger partial charge in [-0.3, -0.25) is 9.78 Å². The van der Waals surface area contributed by atoms with Gasteiger partial charge in [0.15, 0.2) is 5.78 Å². The highest BCUT2D eigenvalue weighted by Gasteiger charge is 2.13. The molecule has 0 fully saturated rings. The average molecular weight is 219 g/mol. The Morgan fingerprint density at radius 3 is 2.75 bits per heavy atom. The van der Waals surface area contributed by atoms with Gasteiger partial charge < -0.3 is 5.11 Å². The third-order valence-electron chi connectivity index (χ3n) is 2.06. The van der Waals surface area contributed by atoms with Crippen molar-refractivity contribution >= 4 is 11.8 Å². The van der Waals surface area contributed by atoms with E-state index >= 15 is 0 Å². The van der Waals surface area contributed by atoms with Crippen molar-refractivity contribution in [2.75, 3.05) is 0 Å². The largest absolute Gasteiger partial charge is 0.478 e. The summed E-state index contributed by atoms with van der Waals surface area (Å²) in [7, 11) is 0. The third kappa shape index (κ3) is 3.31. The number of aliphatic carboxylic acids is 1. The molecule has 0 radical (unpaired) electrons. The molecule has 4 nitrogen and oxygen atoms in total. The highest BCUT2D eigenvalue weighted by molar-refractivity contribution is 6.02. The van der Waals surface area contributed by atoms with Gasteiger partial charge in [0.2, 0.25) is 0 Å². The molecule has 1 aromatic rings. The summed E-state index contributed by atoms with van der Waals surface area (Å²) in [4.78, 5) is 26.3. The molecule has 0 amide bonds. The minimum atomic E-state index is -1.04. The van der Waals surface area contributed by atoms with Crippen LogP contribution in [-0.4, -0.2) is 21.8 Å². The smallest absolute Gasteiger partial charge is 0.331 e. The summed E-state index contributed by atoms with van der Waals surface area (Å²) >= 11 is 0. The number of allylic oxidation sites excluding steroid dienone is 1. The molecule has 1 rings (SSSR count). The summed E-state index contributed by atoms with van der Waals surface area (Å²) < 4.78 is 0. The van der Waals surface area contributed by atoms with Crippen molar-refractivity contribution in [2.24, 2.45) is 0 Å². The molecule has 84 valence electrons. The Morgan fingerprint density at radius 1 is 1.50 bits per heavy atom. The van der Waals surface area contributed by atoms with E-state index in [1.165, 1.54) is 6.20 Å². The van der Waals surface area contributed by atoms with Crippen LogP contribution in [0.5, 0.6) is 0 Å². The van der Waals surface area contributed by atoms with Gasteiger partial charge in [0.1, 0.15) is 0 Å². The standard InChI is InChI=1S/C12H13NO3/c1-2-4-9(12(15)16)7-11(14)10-5-3-6-13-8-10/h3-6,8H,2,7H2,1H3,(H,15,16). The van der Waals surface area contributed by atoms with Crippen LogP contribution in [0.3, 0.4) is 0 Å². The summed E-state index contributed by atoms with van der Waals surface area (Å²) in [5, 5.41) is 8.86. The number of hydrogen-bond acceptors (Lipinski definition) is 3. The summed E-state index contributed by atoms with van der Waals surface area (Å²) in [5.74, 6) is -1.27. The van der Waals surface area contributed by atoms with E-state index in [0.717, 1.165) is 0 Å². The molecule has 0 spiro atoms. The lowest BCUT2D eigenvalue weighted by atomic mass is 10.0. The Bertz CT molecular complexity index is 410. The Hall–Kier alpha value is -1.97. The summed E-state index contributed by atoms with van der Waals surface area (Å²) in [6, 6.07) is 3.28. The van der Waals surface area contributed by atoms with Gasteiger partial charge >= 0.3 is 5.97 Å². The van der Waals surface area contributed by atoms with Crippen molar-refractivity contribution in [3.05, 3.63) is 41.7 Å². The molecule has 16 heavy (non-hydrogen) atoms. The Balaban J connectivity index is 2.78. The van der Waals surface area contributed by atoms with E-state index in [2.05, 4.69) is 4.98 Å². The third-order valence-corrected chi connectivity index (χ3v) is 2.06. The predicted octanol–water partition coefficient (Wildman–Crippen LogP) is 2.08. The first-order valence-electron chi connectivity index (χ1n) is 5.00. The van der Waals surface area contributed by atoms with Gasteiger partial charge in [-0.25, -0.2) is 4.79 Å². The second-order valence-corrected chi connectivity index (χ2v) is 3.28. The molecule has 1 aromatic heterocycles. The number of carboxylic acids is 1. The second kappa shape index (κ2) is 5.80. The van der Waals surface area contributed by atoms with Gasteiger partial charge in [-0.2, -0.15) is 0 Å². The number of carbonyl (C=O) groups is 2. The van der Waals surface area contributed by atoms with Crippen molar-refractivity contribution < 1.29 is 14.7 Å². The molecule has 0 aliphatic heterocycles. The Kier molecular flexibility index (Phi) is 4.39. The van der Waals surface area contributed by atoms with Crippen molar-refractivity contribution in [3.63, 3.8) is 0 Å². The molecule has 0 aliphatic carbocycles. The minimum absolute atomic E-state index is 0.0884. The topological polar surface area (TPSA) is 67.3 Å². The molecule has 1 heterocycles. The van der Waals surface area contributed by atoms with Crippen molar-refractivity contribution in [2.45, 2.75) is 19.8 Å². The van der Waals surface area contributed by atoms with Gasteiger partial charge in [0.05, 0.1) is 0 Å². The number of carboxylic acid groups (broad SMARTS) is 1. The van der Waals surface area contributed by atoms with Crippen LogP contribution in [-0.2, 0) is 4.79 Å². The number of hydrogen-bond donors (Lipinski definition) is 1. The first kappa shape index (κ1) is 12.1. The highest BCUT2D eigenvalue weighted by Crippen LogP contribution is 2.09. The number of pyridine rings is 1. The zero-order valence-electron chi connectivity index (χ0n) is 9.01. The molecule has 0 saturated carbocycles. The zero-order chi connectivity index (χ0) is 12.0. The fraction of sp³-hybridized carbons (Fsp3) is 0.250. The molecule has 0 bridgehead atoms. The van der Waals surface area contributed by atoms with Crippen LogP contribution >= 0.6 is 0 Å². The van der Waals surface area contributed by atoms with E-state index in [9.17, 15) is 9.59 Å². The first-order valence-corrected chi connectivity index (χ1v) is 5.00. The maximum Gasteiger partial charge on any atom is 0.331 e. The quantitative estimate of drug-likeness (QED) is 0.608. The van der Waals surface area contributed by atoms with Gasteiger partial charge in [0, 0.05) is 30.0 Å². The van der Waals surface area contributed by atoms with E-state index in [1.54, 1.807) is 24.4 Å². The Labute approximate surface area is 93.6 Å². The number of aromatic nitrogens is 1. The molecule has 4 heteroatoms. The highest BCUT2D eigenvalue weighted by atomic mass is 16.4. The minimum Gasteiger partial charge on any atom is -0.478 e. The monoisotopic (exact) mass is 219 g/mol. The lowest BCUT2D eigenvalue weighted by Crippen LogP contribution is -2.08. The summed E-state index contributed by atoms with van der Waals surface area (Å²) in [6.07, 6.45) is 5.07.